The van der Waals surface area contributed by atoms with Gasteiger partial charge in [0.2, 0.25) is 5.91 Å². The molecule has 0 spiro atoms. The topological polar surface area (TPSA) is 59.6 Å². The number of benzene rings is 1. The van der Waals surface area contributed by atoms with Gasteiger partial charge in [-0.25, -0.2) is 0 Å². The summed E-state index contributed by atoms with van der Waals surface area (Å²) in [6.45, 7) is 1.99. The molecule has 0 saturated carbocycles. The fourth-order valence-electron chi connectivity index (χ4n) is 2.41. The van der Waals surface area contributed by atoms with Gasteiger partial charge in [0, 0.05) is 18.4 Å². The van der Waals surface area contributed by atoms with E-state index in [0.717, 1.165) is 37.4 Å². The average Bonchev–Trinajstić information content (AvgIpc) is 2.53. The zero-order valence-corrected chi connectivity index (χ0v) is 12.6. The molecule has 1 aromatic carbocycles. The Bertz CT molecular complexity index is 445. The minimum Gasteiger partial charge on any atom is -0.497 e. The molecule has 1 aliphatic heterocycles. The van der Waals surface area contributed by atoms with Crippen molar-refractivity contribution in [2.45, 2.75) is 31.8 Å². The summed E-state index contributed by atoms with van der Waals surface area (Å²) in [6.07, 6.45) is 4.88. The van der Waals surface area contributed by atoms with E-state index in [4.69, 9.17) is 9.47 Å². The lowest BCUT2D eigenvalue weighted by Crippen LogP contribution is -2.31. The fourth-order valence-corrected chi connectivity index (χ4v) is 2.41. The molecule has 1 atom stereocenters. The second-order valence-electron chi connectivity index (χ2n) is 5.23. The normalized spacial score (nSPS) is 18.2. The first-order valence-corrected chi connectivity index (χ1v) is 7.54. The van der Waals surface area contributed by atoms with Crippen LogP contribution in [0.25, 0.3) is 0 Å². The second kappa shape index (κ2) is 8.64. The SMILES string of the molecule is COc1cccc(NC(=O)CNCCC2CCCCO2)c1. The molecule has 1 aliphatic rings. The molecule has 1 saturated heterocycles. The van der Waals surface area contributed by atoms with Crippen LogP contribution in [0.5, 0.6) is 5.75 Å². The standard InChI is InChI=1S/C16H24N2O3/c1-20-15-7-4-5-13(11-15)18-16(19)12-17-9-8-14-6-2-3-10-21-14/h4-5,7,11,14,17H,2-3,6,8-10,12H2,1H3,(H,18,19). The number of methoxy groups -OCH3 is 1. The van der Waals surface area contributed by atoms with Crippen LogP contribution in [-0.4, -0.2) is 38.8 Å². The number of carbonyl (C=O) groups is 1. The zero-order chi connectivity index (χ0) is 14.9. The van der Waals surface area contributed by atoms with Gasteiger partial charge in [0.1, 0.15) is 5.75 Å². The van der Waals surface area contributed by atoms with Gasteiger partial charge in [-0.05, 0) is 44.4 Å². The maximum Gasteiger partial charge on any atom is 0.238 e. The number of amides is 1. The fraction of sp³-hybridized carbons (Fsp3) is 0.562. The Morgan fingerprint density at radius 3 is 3.10 bits per heavy atom. The van der Waals surface area contributed by atoms with E-state index in [0.29, 0.717) is 12.6 Å². The Morgan fingerprint density at radius 1 is 1.43 bits per heavy atom. The summed E-state index contributed by atoms with van der Waals surface area (Å²) in [6, 6.07) is 7.34. The number of anilines is 1. The van der Waals surface area contributed by atoms with E-state index in [-0.39, 0.29) is 5.91 Å². The molecule has 116 valence electrons. The molecular formula is C16H24N2O3. The highest BCUT2D eigenvalue weighted by Gasteiger charge is 2.13. The van der Waals surface area contributed by atoms with Crippen molar-refractivity contribution in [3.63, 3.8) is 0 Å². The highest BCUT2D eigenvalue weighted by atomic mass is 16.5. The molecule has 5 heteroatoms. The van der Waals surface area contributed by atoms with Crippen molar-refractivity contribution in [3.05, 3.63) is 24.3 Å². The van der Waals surface area contributed by atoms with Gasteiger partial charge in [0.15, 0.2) is 0 Å². The van der Waals surface area contributed by atoms with Crippen LogP contribution in [-0.2, 0) is 9.53 Å². The van der Waals surface area contributed by atoms with Crippen LogP contribution in [0.15, 0.2) is 24.3 Å². The van der Waals surface area contributed by atoms with Crippen molar-refractivity contribution in [1.29, 1.82) is 0 Å². The maximum atomic E-state index is 11.8. The van der Waals surface area contributed by atoms with Crippen LogP contribution in [0.4, 0.5) is 5.69 Å². The molecule has 2 rings (SSSR count). The highest BCUT2D eigenvalue weighted by Crippen LogP contribution is 2.16. The average molecular weight is 292 g/mol. The lowest BCUT2D eigenvalue weighted by atomic mass is 10.1. The summed E-state index contributed by atoms with van der Waals surface area (Å²) < 4.78 is 10.8. The Balaban J connectivity index is 1.62. The van der Waals surface area contributed by atoms with E-state index in [9.17, 15) is 4.79 Å². The first kappa shape index (κ1) is 15.8. The van der Waals surface area contributed by atoms with Gasteiger partial charge in [0.05, 0.1) is 19.8 Å². The first-order chi connectivity index (χ1) is 10.3. The molecule has 5 nitrogen and oxygen atoms in total. The summed E-state index contributed by atoms with van der Waals surface area (Å²) in [5, 5.41) is 6.00. The number of hydrogen-bond donors (Lipinski definition) is 2. The van der Waals surface area contributed by atoms with Gasteiger partial charge >= 0.3 is 0 Å². The zero-order valence-electron chi connectivity index (χ0n) is 12.6. The molecule has 21 heavy (non-hydrogen) atoms. The van der Waals surface area contributed by atoms with E-state index >= 15 is 0 Å². The van der Waals surface area contributed by atoms with Crippen LogP contribution >= 0.6 is 0 Å². The largest absolute Gasteiger partial charge is 0.497 e. The molecule has 0 aromatic heterocycles. The lowest BCUT2D eigenvalue weighted by molar-refractivity contribution is -0.115. The van der Waals surface area contributed by atoms with E-state index in [1.165, 1.54) is 12.8 Å². The number of nitrogens with one attached hydrogen (secondary N) is 2. The Labute approximate surface area is 126 Å². The third-order valence-corrected chi connectivity index (χ3v) is 3.56. The minimum atomic E-state index is -0.0483. The quantitative estimate of drug-likeness (QED) is 0.756. The van der Waals surface area contributed by atoms with Crippen molar-refractivity contribution in [2.75, 3.05) is 32.1 Å². The number of hydrogen-bond acceptors (Lipinski definition) is 4. The first-order valence-electron chi connectivity index (χ1n) is 7.54. The van der Waals surface area contributed by atoms with Crippen molar-refractivity contribution < 1.29 is 14.3 Å². The number of rotatable bonds is 7. The summed E-state index contributed by atoms with van der Waals surface area (Å²) in [5.41, 5.74) is 0.747. The predicted molar refractivity (Wildman–Crippen MR) is 82.7 cm³/mol. The Hall–Kier alpha value is -1.59. The summed E-state index contributed by atoms with van der Waals surface area (Å²) in [5.74, 6) is 0.683. The summed E-state index contributed by atoms with van der Waals surface area (Å²) in [7, 11) is 1.61. The molecule has 1 fully saturated rings. The van der Waals surface area contributed by atoms with Crippen molar-refractivity contribution in [2.24, 2.45) is 0 Å². The van der Waals surface area contributed by atoms with Gasteiger partial charge in [-0.3, -0.25) is 4.79 Å². The third-order valence-electron chi connectivity index (χ3n) is 3.56. The third kappa shape index (κ3) is 5.73. The highest BCUT2D eigenvalue weighted by molar-refractivity contribution is 5.92. The van der Waals surface area contributed by atoms with Crippen molar-refractivity contribution >= 4 is 11.6 Å². The molecule has 2 N–H and O–H groups in total. The minimum absolute atomic E-state index is 0.0483. The van der Waals surface area contributed by atoms with Gasteiger partial charge in [-0.2, -0.15) is 0 Å². The maximum absolute atomic E-state index is 11.8. The van der Waals surface area contributed by atoms with E-state index in [2.05, 4.69) is 10.6 Å². The van der Waals surface area contributed by atoms with Gasteiger partial charge in [-0.1, -0.05) is 6.07 Å². The van der Waals surface area contributed by atoms with Gasteiger partial charge < -0.3 is 20.1 Å². The molecule has 0 bridgehead atoms. The van der Waals surface area contributed by atoms with Crippen molar-refractivity contribution in [3.8, 4) is 5.75 Å². The van der Waals surface area contributed by atoms with E-state index < -0.39 is 0 Å². The van der Waals surface area contributed by atoms with Crippen LogP contribution in [0, 0.1) is 0 Å². The smallest absolute Gasteiger partial charge is 0.238 e. The molecular weight excluding hydrogens is 268 g/mol. The predicted octanol–water partition coefficient (Wildman–Crippen LogP) is 2.18. The number of carbonyl (C=O) groups excluding carboxylic acids is 1. The Morgan fingerprint density at radius 2 is 2.33 bits per heavy atom. The van der Waals surface area contributed by atoms with E-state index in [1.807, 2.05) is 18.2 Å². The molecule has 0 aliphatic carbocycles. The lowest BCUT2D eigenvalue weighted by Gasteiger charge is -2.22. The molecule has 1 aromatic rings. The van der Waals surface area contributed by atoms with E-state index in [1.54, 1.807) is 13.2 Å². The van der Waals surface area contributed by atoms with Crippen molar-refractivity contribution in [1.82, 2.24) is 5.32 Å². The molecule has 1 unspecified atom stereocenters. The van der Waals surface area contributed by atoms with Crippen LogP contribution in [0.3, 0.4) is 0 Å². The molecule has 1 amide bonds. The molecule has 1 heterocycles. The summed E-state index contributed by atoms with van der Waals surface area (Å²) >= 11 is 0. The molecule has 0 radical (unpaired) electrons. The van der Waals surface area contributed by atoms with Crippen LogP contribution in [0.1, 0.15) is 25.7 Å². The van der Waals surface area contributed by atoms with Crippen LogP contribution < -0.4 is 15.4 Å². The van der Waals surface area contributed by atoms with Gasteiger partial charge in [0.25, 0.3) is 0 Å². The van der Waals surface area contributed by atoms with Gasteiger partial charge in [-0.15, -0.1) is 0 Å². The Kier molecular flexibility index (Phi) is 6.50. The van der Waals surface area contributed by atoms with Crippen LogP contribution in [0.2, 0.25) is 0 Å². The second-order valence-corrected chi connectivity index (χ2v) is 5.23. The number of ether oxygens (including phenoxy) is 2. The summed E-state index contributed by atoms with van der Waals surface area (Å²) in [4.78, 5) is 11.8. The monoisotopic (exact) mass is 292 g/mol.